The van der Waals surface area contributed by atoms with Crippen LogP contribution in [0, 0.1) is 6.92 Å². The lowest BCUT2D eigenvalue weighted by Gasteiger charge is -2.21. The van der Waals surface area contributed by atoms with Gasteiger partial charge in [-0.05, 0) is 59.8 Å². The van der Waals surface area contributed by atoms with Gasteiger partial charge >= 0.3 is 0 Å². The maximum Gasteiger partial charge on any atom is 0.268 e. The van der Waals surface area contributed by atoms with Crippen LogP contribution in [0.15, 0.2) is 102 Å². The third kappa shape index (κ3) is 6.25. The zero-order valence-electron chi connectivity index (χ0n) is 19.5. The summed E-state index contributed by atoms with van der Waals surface area (Å²) in [7, 11) is 1.57. The van der Waals surface area contributed by atoms with E-state index in [4.69, 9.17) is 4.74 Å². The Kier molecular flexibility index (Phi) is 7.75. The number of methoxy groups -OCH3 is 1. The molecule has 4 aromatic rings. The molecular weight excluding hydrogens is 456 g/mol. The van der Waals surface area contributed by atoms with Gasteiger partial charge in [-0.3, -0.25) is 9.59 Å². The predicted octanol–water partition coefficient (Wildman–Crippen LogP) is 5.74. The fraction of sp³-hybridized carbons (Fsp3) is 0.103. The first-order valence-electron chi connectivity index (χ1n) is 11.2. The van der Waals surface area contributed by atoms with Crippen molar-refractivity contribution < 1.29 is 14.3 Å². The number of ether oxygens (including phenoxy) is 1. The number of rotatable bonds is 8. The van der Waals surface area contributed by atoms with Crippen molar-refractivity contribution >= 4 is 29.2 Å². The predicted molar refractivity (Wildman–Crippen MR) is 140 cm³/mol. The van der Waals surface area contributed by atoms with Gasteiger partial charge < -0.3 is 15.4 Å². The Morgan fingerprint density at radius 1 is 0.857 bits per heavy atom. The highest BCUT2D eigenvalue weighted by atomic mass is 32.1. The van der Waals surface area contributed by atoms with E-state index in [9.17, 15) is 9.59 Å². The molecule has 0 saturated heterocycles. The van der Waals surface area contributed by atoms with Crippen molar-refractivity contribution in [2.75, 3.05) is 7.11 Å². The minimum Gasteiger partial charge on any atom is -0.497 e. The van der Waals surface area contributed by atoms with E-state index in [0.717, 1.165) is 21.6 Å². The lowest BCUT2D eigenvalue weighted by atomic mass is 9.97. The second-order valence-electron chi connectivity index (χ2n) is 7.98. The minimum absolute atomic E-state index is 0.168. The zero-order valence-corrected chi connectivity index (χ0v) is 20.3. The summed E-state index contributed by atoms with van der Waals surface area (Å²) in [5.74, 6) is -0.107. The number of benzene rings is 3. The molecule has 0 radical (unpaired) electrons. The van der Waals surface area contributed by atoms with Crippen molar-refractivity contribution in [3.63, 3.8) is 0 Å². The van der Waals surface area contributed by atoms with Crippen molar-refractivity contribution in [1.82, 2.24) is 10.6 Å². The van der Waals surface area contributed by atoms with Gasteiger partial charge in [-0.2, -0.15) is 0 Å². The van der Waals surface area contributed by atoms with Crippen LogP contribution in [-0.2, 0) is 4.79 Å². The molecule has 1 aromatic heterocycles. The number of aryl methyl sites for hydroxylation is 1. The molecule has 0 spiro atoms. The summed E-state index contributed by atoms with van der Waals surface area (Å²) in [5, 5.41) is 7.84. The minimum atomic E-state index is -0.381. The van der Waals surface area contributed by atoms with Crippen LogP contribution in [0.4, 0.5) is 0 Å². The van der Waals surface area contributed by atoms with Crippen LogP contribution in [-0.4, -0.2) is 18.9 Å². The molecule has 2 amide bonds. The average Bonchev–Trinajstić information content (AvgIpc) is 3.41. The Morgan fingerprint density at radius 2 is 1.54 bits per heavy atom. The number of hydrogen-bond acceptors (Lipinski definition) is 4. The molecule has 0 unspecified atom stereocenters. The summed E-state index contributed by atoms with van der Waals surface area (Å²) >= 11 is 1.49. The van der Waals surface area contributed by atoms with Crippen molar-refractivity contribution in [2.45, 2.75) is 13.0 Å². The smallest absolute Gasteiger partial charge is 0.268 e. The first-order chi connectivity index (χ1) is 17.0. The Balaban J connectivity index is 1.63. The molecule has 4 rings (SSSR count). The number of carbonyl (C=O) groups is 2. The monoisotopic (exact) mass is 482 g/mol. The second kappa shape index (κ2) is 11.3. The molecule has 0 aliphatic rings. The standard InChI is InChI=1S/C29H26N2O3S/c1-20-10-12-22(13-11-20)27(21-7-4-3-5-8-21)31-29(33)26(19-25-9-6-18-35-25)30-28(32)23-14-16-24(34-2)17-15-23/h3-19,27H,1-2H3,(H,30,32)(H,31,33)/b26-19-/t27-/m0/s1. The largest absolute Gasteiger partial charge is 0.497 e. The molecule has 35 heavy (non-hydrogen) atoms. The highest BCUT2D eigenvalue weighted by Crippen LogP contribution is 2.23. The summed E-state index contributed by atoms with van der Waals surface area (Å²) in [4.78, 5) is 27.4. The number of thiophene rings is 1. The molecule has 0 fully saturated rings. The molecule has 1 heterocycles. The van der Waals surface area contributed by atoms with E-state index in [1.165, 1.54) is 11.3 Å². The second-order valence-corrected chi connectivity index (χ2v) is 8.96. The van der Waals surface area contributed by atoms with Crippen LogP contribution < -0.4 is 15.4 Å². The van der Waals surface area contributed by atoms with Gasteiger partial charge in [0.1, 0.15) is 11.4 Å². The van der Waals surface area contributed by atoms with Gasteiger partial charge in [0.25, 0.3) is 11.8 Å². The van der Waals surface area contributed by atoms with Gasteiger partial charge in [-0.15, -0.1) is 11.3 Å². The molecular formula is C29H26N2O3S. The molecule has 176 valence electrons. The lowest BCUT2D eigenvalue weighted by molar-refractivity contribution is -0.118. The van der Waals surface area contributed by atoms with Gasteiger partial charge in [-0.1, -0.05) is 66.2 Å². The van der Waals surface area contributed by atoms with Gasteiger partial charge in [0, 0.05) is 10.4 Å². The Bertz CT molecular complexity index is 1300. The Morgan fingerprint density at radius 3 is 2.17 bits per heavy atom. The quantitative estimate of drug-likeness (QED) is 0.315. The maximum atomic E-state index is 13.6. The number of nitrogens with one attached hydrogen (secondary N) is 2. The SMILES string of the molecule is COc1ccc(C(=O)N/C(=C\c2cccs2)C(=O)N[C@@H](c2ccccc2)c2ccc(C)cc2)cc1. The molecule has 5 nitrogen and oxygen atoms in total. The van der Waals surface area contributed by atoms with Gasteiger partial charge in [0.2, 0.25) is 0 Å². The van der Waals surface area contributed by atoms with Crippen LogP contribution in [0.2, 0.25) is 0 Å². The van der Waals surface area contributed by atoms with Crippen LogP contribution in [0.25, 0.3) is 6.08 Å². The van der Waals surface area contributed by atoms with E-state index in [1.807, 2.05) is 79.0 Å². The van der Waals surface area contributed by atoms with E-state index in [-0.39, 0.29) is 23.6 Å². The van der Waals surface area contributed by atoms with E-state index < -0.39 is 0 Å². The Labute approximate surface area is 209 Å². The zero-order chi connectivity index (χ0) is 24.6. The fourth-order valence-electron chi connectivity index (χ4n) is 3.58. The van der Waals surface area contributed by atoms with Crippen molar-refractivity contribution in [3.8, 4) is 5.75 Å². The van der Waals surface area contributed by atoms with Crippen molar-refractivity contribution in [3.05, 3.63) is 129 Å². The molecule has 0 aliphatic heterocycles. The Hall–Kier alpha value is -4.16. The van der Waals surface area contributed by atoms with Gasteiger partial charge in [0.05, 0.1) is 13.2 Å². The molecule has 1 atom stereocenters. The van der Waals surface area contributed by atoms with E-state index in [2.05, 4.69) is 10.6 Å². The first-order valence-corrected chi connectivity index (χ1v) is 12.0. The third-order valence-electron chi connectivity index (χ3n) is 5.49. The number of amides is 2. The lowest BCUT2D eigenvalue weighted by Crippen LogP contribution is -2.37. The van der Waals surface area contributed by atoms with Gasteiger partial charge in [-0.25, -0.2) is 0 Å². The molecule has 0 saturated carbocycles. The maximum absolute atomic E-state index is 13.6. The van der Waals surface area contributed by atoms with Crippen molar-refractivity contribution in [1.29, 1.82) is 0 Å². The molecule has 0 bridgehead atoms. The highest BCUT2D eigenvalue weighted by Gasteiger charge is 2.21. The summed E-state index contributed by atoms with van der Waals surface area (Å²) in [5.41, 5.74) is 3.63. The van der Waals surface area contributed by atoms with Crippen LogP contribution >= 0.6 is 11.3 Å². The summed E-state index contributed by atoms with van der Waals surface area (Å²) in [6.45, 7) is 2.02. The van der Waals surface area contributed by atoms with Crippen LogP contribution in [0.5, 0.6) is 5.75 Å². The summed E-state index contributed by atoms with van der Waals surface area (Å²) in [6, 6.07) is 28.0. The van der Waals surface area contributed by atoms with E-state index >= 15 is 0 Å². The molecule has 0 aliphatic carbocycles. The average molecular weight is 483 g/mol. The van der Waals surface area contributed by atoms with Crippen molar-refractivity contribution in [2.24, 2.45) is 0 Å². The van der Waals surface area contributed by atoms with Crippen LogP contribution in [0.1, 0.15) is 38.0 Å². The van der Waals surface area contributed by atoms with E-state index in [0.29, 0.717) is 11.3 Å². The molecule has 3 aromatic carbocycles. The fourth-order valence-corrected chi connectivity index (χ4v) is 4.24. The topological polar surface area (TPSA) is 67.4 Å². The van der Waals surface area contributed by atoms with Gasteiger partial charge in [0.15, 0.2) is 0 Å². The number of carbonyl (C=O) groups excluding carboxylic acids is 2. The number of hydrogen-bond donors (Lipinski definition) is 2. The van der Waals surface area contributed by atoms with E-state index in [1.54, 1.807) is 37.5 Å². The molecule has 6 heteroatoms. The normalized spacial score (nSPS) is 12.0. The first kappa shape index (κ1) is 24.0. The van der Waals surface area contributed by atoms with Crippen LogP contribution in [0.3, 0.4) is 0 Å². The molecule has 2 N–H and O–H groups in total. The summed E-state index contributed by atoms with van der Waals surface area (Å²) < 4.78 is 5.17. The highest BCUT2D eigenvalue weighted by molar-refractivity contribution is 7.10. The third-order valence-corrected chi connectivity index (χ3v) is 6.31. The summed E-state index contributed by atoms with van der Waals surface area (Å²) in [6.07, 6.45) is 1.69.